The molecule has 0 bridgehead atoms. The fourth-order valence-corrected chi connectivity index (χ4v) is 2.73. The highest BCUT2D eigenvalue weighted by molar-refractivity contribution is 9.10. The highest BCUT2D eigenvalue weighted by Crippen LogP contribution is 2.33. The minimum absolute atomic E-state index is 0.462. The fraction of sp³-hybridized carbons (Fsp3) is 0.231. The maximum absolute atomic E-state index is 9.51. The molecule has 0 spiro atoms. The molecule has 1 heterocycles. The van der Waals surface area contributed by atoms with Gasteiger partial charge in [0.05, 0.1) is 6.10 Å². The lowest BCUT2D eigenvalue weighted by molar-refractivity contribution is 0.199. The first-order chi connectivity index (χ1) is 8.56. The Morgan fingerprint density at radius 3 is 2.50 bits per heavy atom. The predicted octanol–water partition coefficient (Wildman–Crippen LogP) is 3.75. The van der Waals surface area contributed by atoms with Crippen LogP contribution < -0.4 is 0 Å². The summed E-state index contributed by atoms with van der Waals surface area (Å²) in [5.74, 6) is 0. The summed E-state index contributed by atoms with van der Waals surface area (Å²) in [6.07, 6.45) is 3.14. The van der Waals surface area contributed by atoms with Crippen molar-refractivity contribution in [1.82, 2.24) is 9.97 Å². The van der Waals surface area contributed by atoms with Gasteiger partial charge in [-0.15, -0.1) is 0 Å². The van der Waals surface area contributed by atoms with E-state index in [2.05, 4.69) is 25.9 Å². The number of halogens is 1. The van der Waals surface area contributed by atoms with Crippen molar-refractivity contribution in [3.05, 3.63) is 46.2 Å². The molecule has 0 aliphatic heterocycles. The van der Waals surface area contributed by atoms with Gasteiger partial charge in [-0.05, 0) is 64.8 Å². The lowest BCUT2D eigenvalue weighted by Gasteiger charge is -2.08. The molecule has 1 N–H and O–H groups in total. The Kier molecular flexibility index (Phi) is 4.37. The number of rotatable bonds is 3. The number of aliphatic hydroxyl groups excluding tert-OH is 1. The van der Waals surface area contributed by atoms with E-state index in [1.54, 1.807) is 19.3 Å². The molecule has 3 nitrogen and oxygen atoms in total. The van der Waals surface area contributed by atoms with Crippen LogP contribution in [0, 0.1) is 6.92 Å². The van der Waals surface area contributed by atoms with Crippen molar-refractivity contribution in [2.24, 2.45) is 0 Å². The summed E-state index contributed by atoms with van der Waals surface area (Å²) in [6, 6.07) is 5.78. The molecule has 18 heavy (non-hydrogen) atoms. The summed E-state index contributed by atoms with van der Waals surface area (Å²) < 4.78 is 0.940. The molecule has 0 saturated heterocycles. The molecule has 2 rings (SSSR count). The smallest absolute Gasteiger partial charge is 0.192 e. The first-order valence-electron chi connectivity index (χ1n) is 5.50. The minimum atomic E-state index is -0.462. The van der Waals surface area contributed by atoms with Gasteiger partial charge in [-0.1, -0.05) is 6.07 Å². The van der Waals surface area contributed by atoms with Gasteiger partial charge in [-0.2, -0.15) is 0 Å². The number of aryl methyl sites for hydroxylation is 1. The molecule has 1 aromatic carbocycles. The zero-order valence-electron chi connectivity index (χ0n) is 10.1. The molecule has 1 unspecified atom stereocenters. The molecule has 0 aliphatic rings. The summed E-state index contributed by atoms with van der Waals surface area (Å²) >= 11 is 4.99. The van der Waals surface area contributed by atoms with Crippen LogP contribution in [0.1, 0.15) is 24.2 Å². The SMILES string of the molecule is Cc1cnc(Sc2ccc(C(C)O)cc2Br)nc1. The van der Waals surface area contributed by atoms with Crippen molar-refractivity contribution in [3.8, 4) is 0 Å². The second-order valence-electron chi connectivity index (χ2n) is 4.01. The van der Waals surface area contributed by atoms with Gasteiger partial charge in [0.1, 0.15) is 0 Å². The van der Waals surface area contributed by atoms with E-state index in [0.29, 0.717) is 5.16 Å². The first kappa shape index (κ1) is 13.5. The molecule has 94 valence electrons. The number of nitrogens with zero attached hydrogens (tertiary/aromatic N) is 2. The number of aliphatic hydroxyl groups is 1. The topological polar surface area (TPSA) is 46.0 Å². The lowest BCUT2D eigenvalue weighted by atomic mass is 10.1. The van der Waals surface area contributed by atoms with Crippen LogP contribution in [-0.2, 0) is 0 Å². The lowest BCUT2D eigenvalue weighted by Crippen LogP contribution is -1.92. The molecule has 1 atom stereocenters. The number of hydrogen-bond donors (Lipinski definition) is 1. The largest absolute Gasteiger partial charge is 0.389 e. The summed E-state index contributed by atoms with van der Waals surface area (Å²) in [4.78, 5) is 9.54. The maximum Gasteiger partial charge on any atom is 0.192 e. The quantitative estimate of drug-likeness (QED) is 0.873. The number of hydrogen-bond acceptors (Lipinski definition) is 4. The Morgan fingerprint density at radius 2 is 1.94 bits per heavy atom. The molecular formula is C13H13BrN2OS. The van der Waals surface area contributed by atoms with E-state index in [-0.39, 0.29) is 0 Å². The van der Waals surface area contributed by atoms with Crippen molar-refractivity contribution in [2.75, 3.05) is 0 Å². The van der Waals surface area contributed by atoms with E-state index >= 15 is 0 Å². The molecule has 1 aromatic heterocycles. The molecular weight excluding hydrogens is 312 g/mol. The molecule has 2 aromatic rings. The third-order valence-electron chi connectivity index (χ3n) is 2.40. The Balaban J connectivity index is 2.22. The minimum Gasteiger partial charge on any atom is -0.389 e. The maximum atomic E-state index is 9.51. The van der Waals surface area contributed by atoms with Gasteiger partial charge in [0.25, 0.3) is 0 Å². The van der Waals surface area contributed by atoms with Crippen LogP contribution in [0.5, 0.6) is 0 Å². The van der Waals surface area contributed by atoms with Crippen LogP contribution in [-0.4, -0.2) is 15.1 Å². The van der Waals surface area contributed by atoms with Crippen LogP contribution in [0.15, 0.2) is 45.1 Å². The predicted molar refractivity (Wildman–Crippen MR) is 75.7 cm³/mol. The van der Waals surface area contributed by atoms with E-state index in [4.69, 9.17) is 0 Å². The van der Waals surface area contributed by atoms with Crippen molar-refractivity contribution >= 4 is 27.7 Å². The second kappa shape index (κ2) is 5.82. The van der Waals surface area contributed by atoms with Crippen LogP contribution in [0.2, 0.25) is 0 Å². The van der Waals surface area contributed by atoms with E-state index in [0.717, 1.165) is 20.5 Å². The zero-order valence-corrected chi connectivity index (χ0v) is 12.5. The average Bonchev–Trinajstić information content (AvgIpc) is 2.34. The van der Waals surface area contributed by atoms with Gasteiger partial charge in [-0.25, -0.2) is 9.97 Å². The summed E-state index contributed by atoms with van der Waals surface area (Å²) in [5.41, 5.74) is 1.93. The third-order valence-corrected chi connectivity index (χ3v) is 4.28. The van der Waals surface area contributed by atoms with E-state index < -0.39 is 6.10 Å². The van der Waals surface area contributed by atoms with E-state index in [9.17, 15) is 5.11 Å². The summed E-state index contributed by atoms with van der Waals surface area (Å²) in [5, 5.41) is 10.2. The molecule has 0 fully saturated rings. The third kappa shape index (κ3) is 3.31. The van der Waals surface area contributed by atoms with Crippen molar-refractivity contribution in [2.45, 2.75) is 30.0 Å². The van der Waals surface area contributed by atoms with Crippen LogP contribution in [0.4, 0.5) is 0 Å². The summed E-state index contributed by atoms with van der Waals surface area (Å²) in [7, 11) is 0. The van der Waals surface area contributed by atoms with Crippen molar-refractivity contribution in [1.29, 1.82) is 0 Å². The standard InChI is InChI=1S/C13H13BrN2OS/c1-8-6-15-13(16-7-8)18-12-4-3-10(9(2)17)5-11(12)14/h3-7,9,17H,1-2H3. The molecule has 0 aliphatic carbocycles. The highest BCUT2D eigenvalue weighted by atomic mass is 79.9. The zero-order chi connectivity index (χ0) is 13.1. The normalized spacial score (nSPS) is 12.4. The van der Waals surface area contributed by atoms with Crippen LogP contribution in [0.25, 0.3) is 0 Å². The van der Waals surface area contributed by atoms with Crippen LogP contribution in [0.3, 0.4) is 0 Å². The van der Waals surface area contributed by atoms with Gasteiger partial charge in [0.15, 0.2) is 5.16 Å². The summed E-state index contributed by atoms with van der Waals surface area (Å²) in [6.45, 7) is 3.71. The monoisotopic (exact) mass is 324 g/mol. The molecule has 5 heteroatoms. The Labute approximate surface area is 119 Å². The van der Waals surface area contributed by atoms with Gasteiger partial charge in [0, 0.05) is 21.8 Å². The van der Waals surface area contributed by atoms with Crippen LogP contribution >= 0.6 is 27.7 Å². The highest BCUT2D eigenvalue weighted by Gasteiger charge is 2.08. The molecule has 0 amide bonds. The van der Waals surface area contributed by atoms with Gasteiger partial charge >= 0.3 is 0 Å². The van der Waals surface area contributed by atoms with Gasteiger partial charge < -0.3 is 5.11 Å². The van der Waals surface area contributed by atoms with Crippen molar-refractivity contribution in [3.63, 3.8) is 0 Å². The first-order valence-corrected chi connectivity index (χ1v) is 7.11. The van der Waals surface area contributed by atoms with Crippen molar-refractivity contribution < 1.29 is 5.11 Å². The van der Waals surface area contributed by atoms with Gasteiger partial charge in [-0.3, -0.25) is 0 Å². The number of aromatic nitrogens is 2. The van der Waals surface area contributed by atoms with Gasteiger partial charge in [0.2, 0.25) is 0 Å². The Morgan fingerprint density at radius 1 is 1.28 bits per heavy atom. The van der Waals surface area contributed by atoms with E-state index in [1.807, 2.05) is 25.1 Å². The molecule has 0 radical (unpaired) electrons. The average molecular weight is 325 g/mol. The van der Waals surface area contributed by atoms with E-state index in [1.165, 1.54) is 11.8 Å². The number of benzene rings is 1. The molecule has 0 saturated carbocycles. The Bertz CT molecular complexity index is 543. The Hall–Kier alpha value is -0.910. The second-order valence-corrected chi connectivity index (χ2v) is 5.87. The fourth-order valence-electron chi connectivity index (χ4n) is 1.39.